The van der Waals surface area contributed by atoms with E-state index in [0.717, 1.165) is 26.1 Å². The van der Waals surface area contributed by atoms with Gasteiger partial charge in [-0.1, -0.05) is 12.5 Å². The zero-order valence-corrected chi connectivity index (χ0v) is 11.4. The predicted molar refractivity (Wildman–Crippen MR) is 75.4 cm³/mol. The Morgan fingerprint density at radius 1 is 1.33 bits per heavy atom. The summed E-state index contributed by atoms with van der Waals surface area (Å²) < 4.78 is 0. The van der Waals surface area contributed by atoms with Crippen LogP contribution in [0.15, 0.2) is 24.4 Å². The van der Waals surface area contributed by atoms with Gasteiger partial charge in [0.05, 0.1) is 0 Å². The Morgan fingerprint density at radius 3 is 2.72 bits per heavy atom. The number of likely N-dealkylation sites (N-methyl/N-ethyl adjacent to an activating group) is 1. The topological polar surface area (TPSA) is 42.2 Å². The van der Waals surface area contributed by atoms with Gasteiger partial charge in [0.2, 0.25) is 0 Å². The molecule has 3 nitrogen and oxygen atoms in total. The van der Waals surface area contributed by atoms with E-state index in [4.69, 9.17) is 5.73 Å². The summed E-state index contributed by atoms with van der Waals surface area (Å²) >= 11 is 0. The molecule has 3 heteroatoms. The second-order valence-corrected chi connectivity index (χ2v) is 5.68. The van der Waals surface area contributed by atoms with E-state index in [1.807, 2.05) is 12.3 Å². The van der Waals surface area contributed by atoms with Crippen LogP contribution in [0.2, 0.25) is 0 Å². The molecular formula is C15H25N3. The van der Waals surface area contributed by atoms with Crippen LogP contribution in [0.4, 0.5) is 0 Å². The molecule has 100 valence electrons. The molecule has 1 aromatic heterocycles. The highest BCUT2D eigenvalue weighted by Gasteiger charge is 2.34. The molecular weight excluding hydrogens is 222 g/mol. The molecule has 2 rings (SSSR count). The van der Waals surface area contributed by atoms with Gasteiger partial charge in [0.15, 0.2) is 0 Å². The fourth-order valence-corrected chi connectivity index (χ4v) is 2.62. The van der Waals surface area contributed by atoms with Crippen LogP contribution in [0.5, 0.6) is 0 Å². The monoisotopic (exact) mass is 247 g/mol. The zero-order valence-electron chi connectivity index (χ0n) is 11.4. The first-order chi connectivity index (χ1) is 8.74. The summed E-state index contributed by atoms with van der Waals surface area (Å²) in [7, 11) is 2.20. The molecule has 1 saturated carbocycles. The Kier molecular flexibility index (Phi) is 4.72. The quantitative estimate of drug-likeness (QED) is 0.802. The van der Waals surface area contributed by atoms with Gasteiger partial charge in [-0.2, -0.15) is 0 Å². The average Bonchev–Trinajstić information content (AvgIpc) is 2.37. The van der Waals surface area contributed by atoms with Crippen LogP contribution in [0, 0.1) is 5.41 Å². The highest BCUT2D eigenvalue weighted by Crippen LogP contribution is 2.42. The Bertz CT molecular complexity index is 341. The van der Waals surface area contributed by atoms with Crippen molar-refractivity contribution in [3.63, 3.8) is 0 Å². The van der Waals surface area contributed by atoms with Crippen molar-refractivity contribution in [3.05, 3.63) is 30.1 Å². The van der Waals surface area contributed by atoms with Crippen LogP contribution in [-0.4, -0.2) is 36.6 Å². The number of nitrogens with two attached hydrogens (primary N) is 1. The normalized spacial score (nSPS) is 17.7. The van der Waals surface area contributed by atoms with Gasteiger partial charge < -0.3 is 10.6 Å². The molecule has 0 bridgehead atoms. The average molecular weight is 247 g/mol. The molecule has 1 aromatic rings. The predicted octanol–water partition coefficient (Wildman–Crippen LogP) is 2.07. The molecule has 18 heavy (non-hydrogen) atoms. The number of hydrogen-bond acceptors (Lipinski definition) is 3. The first-order valence-electron chi connectivity index (χ1n) is 7.03. The largest absolute Gasteiger partial charge is 0.330 e. The summed E-state index contributed by atoms with van der Waals surface area (Å²) in [6, 6.07) is 6.12. The number of nitrogens with zero attached hydrogens (tertiary/aromatic N) is 2. The third-order valence-electron chi connectivity index (χ3n) is 4.35. The van der Waals surface area contributed by atoms with Gasteiger partial charge in [-0.05, 0) is 56.9 Å². The first kappa shape index (κ1) is 13.5. The third-order valence-corrected chi connectivity index (χ3v) is 4.35. The molecule has 0 saturated heterocycles. The summed E-state index contributed by atoms with van der Waals surface area (Å²) in [5, 5.41) is 0. The SMILES string of the molecule is CN(CCc1ccccn1)CCC1(CN)CCC1. The van der Waals surface area contributed by atoms with E-state index < -0.39 is 0 Å². The zero-order chi connectivity index (χ0) is 12.8. The fraction of sp³-hybridized carbons (Fsp3) is 0.667. The van der Waals surface area contributed by atoms with Gasteiger partial charge in [0.25, 0.3) is 0 Å². The van der Waals surface area contributed by atoms with Gasteiger partial charge in [0.1, 0.15) is 0 Å². The standard InChI is InChI=1S/C15H25N3/c1-18(11-6-14-5-2-3-10-17-14)12-9-15(13-16)7-4-8-15/h2-3,5,10H,4,6-9,11-13,16H2,1H3. The molecule has 1 aliphatic carbocycles. The molecule has 0 aliphatic heterocycles. The summed E-state index contributed by atoms with van der Waals surface area (Å²) in [6.45, 7) is 3.10. The second-order valence-electron chi connectivity index (χ2n) is 5.68. The van der Waals surface area contributed by atoms with Gasteiger partial charge in [-0.25, -0.2) is 0 Å². The summed E-state index contributed by atoms with van der Waals surface area (Å²) in [5.74, 6) is 0. The maximum absolute atomic E-state index is 5.89. The Balaban J connectivity index is 1.67. The molecule has 1 fully saturated rings. The van der Waals surface area contributed by atoms with E-state index in [1.165, 1.54) is 31.4 Å². The van der Waals surface area contributed by atoms with Crippen LogP contribution >= 0.6 is 0 Å². The molecule has 0 amide bonds. The minimum atomic E-state index is 0.471. The molecule has 2 N–H and O–H groups in total. The number of rotatable bonds is 7. The van der Waals surface area contributed by atoms with Crippen molar-refractivity contribution in [2.45, 2.75) is 32.1 Å². The molecule has 1 aliphatic rings. The minimum Gasteiger partial charge on any atom is -0.330 e. The molecule has 0 aromatic carbocycles. The van der Waals surface area contributed by atoms with Crippen molar-refractivity contribution >= 4 is 0 Å². The minimum absolute atomic E-state index is 0.471. The van der Waals surface area contributed by atoms with Crippen molar-refractivity contribution in [1.82, 2.24) is 9.88 Å². The van der Waals surface area contributed by atoms with Crippen molar-refractivity contribution in [3.8, 4) is 0 Å². The van der Waals surface area contributed by atoms with E-state index >= 15 is 0 Å². The van der Waals surface area contributed by atoms with Gasteiger partial charge in [0, 0.05) is 24.9 Å². The van der Waals surface area contributed by atoms with Crippen LogP contribution < -0.4 is 5.73 Å². The lowest BCUT2D eigenvalue weighted by atomic mass is 9.66. The van der Waals surface area contributed by atoms with Crippen LogP contribution in [0.1, 0.15) is 31.4 Å². The van der Waals surface area contributed by atoms with Crippen LogP contribution in [0.25, 0.3) is 0 Å². The van der Waals surface area contributed by atoms with Crippen molar-refractivity contribution < 1.29 is 0 Å². The summed E-state index contributed by atoms with van der Waals surface area (Å²) in [5.41, 5.74) is 7.54. The van der Waals surface area contributed by atoms with E-state index in [2.05, 4.69) is 29.1 Å². The maximum Gasteiger partial charge on any atom is 0.0416 e. The Labute approximate surface area is 110 Å². The third kappa shape index (κ3) is 3.53. The molecule has 0 radical (unpaired) electrons. The van der Waals surface area contributed by atoms with E-state index in [9.17, 15) is 0 Å². The second kappa shape index (κ2) is 6.30. The Hall–Kier alpha value is -0.930. The van der Waals surface area contributed by atoms with Crippen molar-refractivity contribution in [2.75, 3.05) is 26.7 Å². The molecule has 1 heterocycles. The van der Waals surface area contributed by atoms with E-state index in [0.29, 0.717) is 5.41 Å². The lowest BCUT2D eigenvalue weighted by molar-refractivity contribution is 0.112. The van der Waals surface area contributed by atoms with E-state index in [1.54, 1.807) is 0 Å². The van der Waals surface area contributed by atoms with Gasteiger partial charge in [-0.3, -0.25) is 4.98 Å². The van der Waals surface area contributed by atoms with Gasteiger partial charge >= 0.3 is 0 Å². The van der Waals surface area contributed by atoms with Crippen LogP contribution in [0.3, 0.4) is 0 Å². The molecule has 0 spiro atoms. The number of hydrogen-bond donors (Lipinski definition) is 1. The lowest BCUT2D eigenvalue weighted by Crippen LogP contribution is -2.40. The smallest absolute Gasteiger partial charge is 0.0416 e. The lowest BCUT2D eigenvalue weighted by Gasteiger charge is -2.42. The molecule has 0 unspecified atom stereocenters. The van der Waals surface area contributed by atoms with Gasteiger partial charge in [-0.15, -0.1) is 0 Å². The highest BCUT2D eigenvalue weighted by molar-refractivity contribution is 5.03. The fourth-order valence-electron chi connectivity index (χ4n) is 2.62. The Morgan fingerprint density at radius 2 is 2.17 bits per heavy atom. The first-order valence-corrected chi connectivity index (χ1v) is 7.03. The van der Waals surface area contributed by atoms with Crippen molar-refractivity contribution in [2.24, 2.45) is 11.1 Å². The summed E-state index contributed by atoms with van der Waals surface area (Å²) in [6.07, 6.45) is 8.19. The number of pyridine rings is 1. The van der Waals surface area contributed by atoms with E-state index in [-0.39, 0.29) is 0 Å². The summed E-state index contributed by atoms with van der Waals surface area (Å²) in [4.78, 5) is 6.76. The highest BCUT2D eigenvalue weighted by atomic mass is 15.1. The number of aromatic nitrogens is 1. The van der Waals surface area contributed by atoms with Crippen LogP contribution in [-0.2, 0) is 6.42 Å². The maximum atomic E-state index is 5.89. The molecule has 0 atom stereocenters. The van der Waals surface area contributed by atoms with Crippen molar-refractivity contribution in [1.29, 1.82) is 0 Å².